The Morgan fingerprint density at radius 3 is 2.61 bits per heavy atom. The first kappa shape index (κ1) is 19.2. The monoisotopic (exact) mass is 385 g/mol. The molecule has 0 atom stereocenters. The maximum Gasteiger partial charge on any atom is 0.374 e. The number of nitrogen functional groups attached to an aromatic ring is 1. The van der Waals surface area contributed by atoms with Crippen molar-refractivity contribution in [2.45, 2.75) is 19.9 Å². The number of nitrogens with two attached hydrogens (primary N) is 1. The molecule has 3 rings (SSSR count). The van der Waals surface area contributed by atoms with Crippen molar-refractivity contribution >= 4 is 28.5 Å². The van der Waals surface area contributed by atoms with Gasteiger partial charge in [0.2, 0.25) is 11.5 Å². The Morgan fingerprint density at radius 2 is 1.93 bits per heavy atom. The third kappa shape index (κ3) is 3.34. The molecule has 0 aliphatic rings. The van der Waals surface area contributed by atoms with E-state index >= 15 is 0 Å². The summed E-state index contributed by atoms with van der Waals surface area (Å²) in [5.41, 5.74) is 4.56. The van der Waals surface area contributed by atoms with Gasteiger partial charge in [0.05, 0.1) is 0 Å². The summed E-state index contributed by atoms with van der Waals surface area (Å²) in [6.45, 7) is 1.37. The normalized spacial score (nSPS) is 10.9. The number of nitrogens with zero attached hydrogens (tertiary/aromatic N) is 2. The lowest BCUT2D eigenvalue weighted by Crippen LogP contribution is -2.43. The molecule has 28 heavy (non-hydrogen) atoms. The lowest BCUT2D eigenvalue weighted by Gasteiger charge is -2.13. The number of esters is 1. The number of aromatic nitrogens is 2. The molecule has 3 aromatic rings. The fraction of sp³-hybridized carbons (Fsp3) is 0.263. The number of rotatable bonds is 6. The van der Waals surface area contributed by atoms with Crippen LogP contribution < -0.4 is 17.0 Å². The molecule has 0 spiro atoms. The molecular formula is C19H19N3O6. The molecule has 9 heteroatoms. The largest absolute Gasteiger partial charge is 0.451 e. The fourth-order valence-corrected chi connectivity index (χ4v) is 2.84. The summed E-state index contributed by atoms with van der Waals surface area (Å²) in [5.74, 6) is -1.94. The fourth-order valence-electron chi connectivity index (χ4n) is 2.84. The zero-order valence-electron chi connectivity index (χ0n) is 15.4. The topological polar surface area (TPSA) is 127 Å². The smallest absolute Gasteiger partial charge is 0.374 e. The molecule has 2 heterocycles. The van der Waals surface area contributed by atoms with Crippen LogP contribution in [0.15, 0.2) is 44.3 Å². The van der Waals surface area contributed by atoms with Crippen molar-refractivity contribution in [3.05, 3.63) is 62.5 Å². The van der Waals surface area contributed by atoms with E-state index in [9.17, 15) is 19.2 Å². The van der Waals surface area contributed by atoms with Crippen LogP contribution >= 0.6 is 0 Å². The van der Waals surface area contributed by atoms with E-state index in [2.05, 4.69) is 0 Å². The molecule has 0 aliphatic carbocycles. The van der Waals surface area contributed by atoms with E-state index < -0.39 is 29.6 Å². The van der Waals surface area contributed by atoms with Crippen LogP contribution in [0.1, 0.15) is 34.3 Å². The van der Waals surface area contributed by atoms with Crippen LogP contribution in [0.25, 0.3) is 11.0 Å². The molecule has 0 fully saturated rings. The third-order valence-corrected chi connectivity index (χ3v) is 4.27. The van der Waals surface area contributed by atoms with E-state index in [1.54, 1.807) is 24.3 Å². The summed E-state index contributed by atoms with van der Waals surface area (Å²) >= 11 is 0. The summed E-state index contributed by atoms with van der Waals surface area (Å²) in [6, 6.07) is 8.51. The molecule has 2 aromatic heterocycles. The maximum atomic E-state index is 12.5. The Morgan fingerprint density at radius 1 is 1.21 bits per heavy atom. The number of para-hydroxylation sites is 1. The molecule has 0 unspecified atom stereocenters. The highest BCUT2D eigenvalue weighted by molar-refractivity contribution is 6.02. The SMILES string of the molecule is CCCn1c(N)c(C(=O)COC(=O)c2cc3ccccc3o2)c(=O)n(C)c1=O. The highest BCUT2D eigenvalue weighted by atomic mass is 16.5. The molecule has 146 valence electrons. The number of benzene rings is 1. The second kappa shape index (κ2) is 7.55. The van der Waals surface area contributed by atoms with Crippen LogP contribution in [0, 0.1) is 0 Å². The highest BCUT2D eigenvalue weighted by Gasteiger charge is 2.23. The molecule has 0 saturated carbocycles. The van der Waals surface area contributed by atoms with Crippen LogP contribution in [-0.2, 0) is 18.3 Å². The Labute approximate surface area is 158 Å². The van der Waals surface area contributed by atoms with Gasteiger partial charge in [-0.2, -0.15) is 0 Å². The molecule has 1 aromatic carbocycles. The molecule has 0 bridgehead atoms. The number of hydrogen-bond donors (Lipinski definition) is 1. The van der Waals surface area contributed by atoms with Crippen molar-refractivity contribution in [2.75, 3.05) is 12.3 Å². The van der Waals surface area contributed by atoms with Gasteiger partial charge >= 0.3 is 11.7 Å². The quantitative estimate of drug-likeness (QED) is 0.501. The van der Waals surface area contributed by atoms with Gasteiger partial charge in [0.1, 0.15) is 17.0 Å². The number of ketones is 1. The summed E-state index contributed by atoms with van der Waals surface area (Å²) in [4.78, 5) is 49.1. The molecule has 0 saturated heterocycles. The second-order valence-electron chi connectivity index (χ2n) is 6.21. The number of fused-ring (bicyclic) bond motifs is 1. The average molecular weight is 385 g/mol. The predicted molar refractivity (Wildman–Crippen MR) is 101 cm³/mol. The van der Waals surface area contributed by atoms with Gasteiger partial charge in [-0.3, -0.25) is 18.7 Å². The van der Waals surface area contributed by atoms with E-state index in [1.807, 2.05) is 6.92 Å². The molecular weight excluding hydrogens is 366 g/mol. The third-order valence-electron chi connectivity index (χ3n) is 4.27. The molecule has 2 N–H and O–H groups in total. The Hall–Kier alpha value is -3.62. The maximum absolute atomic E-state index is 12.5. The van der Waals surface area contributed by atoms with Crippen molar-refractivity contribution in [3.63, 3.8) is 0 Å². The number of carbonyl (C=O) groups excluding carboxylic acids is 2. The minimum atomic E-state index is -0.846. The van der Waals surface area contributed by atoms with Gasteiger partial charge < -0.3 is 14.9 Å². The van der Waals surface area contributed by atoms with Crippen LogP contribution in [0.4, 0.5) is 5.82 Å². The van der Waals surface area contributed by atoms with Gasteiger partial charge in [-0.15, -0.1) is 0 Å². The standard InChI is InChI=1S/C19H19N3O6/c1-3-8-22-16(20)15(17(24)21(2)19(22)26)12(23)10-27-18(25)14-9-11-6-4-5-7-13(11)28-14/h4-7,9H,3,8,10,20H2,1-2H3. The van der Waals surface area contributed by atoms with Gasteiger partial charge in [-0.05, 0) is 18.6 Å². The number of anilines is 1. The summed E-state index contributed by atoms with van der Waals surface area (Å²) in [5, 5.41) is 0.713. The Kier molecular flexibility index (Phi) is 5.16. The highest BCUT2D eigenvalue weighted by Crippen LogP contribution is 2.19. The lowest BCUT2D eigenvalue weighted by molar-refractivity contribution is 0.0445. The van der Waals surface area contributed by atoms with E-state index in [4.69, 9.17) is 14.9 Å². The van der Waals surface area contributed by atoms with Crippen molar-refractivity contribution in [1.82, 2.24) is 9.13 Å². The summed E-state index contributed by atoms with van der Waals surface area (Å²) in [6.07, 6.45) is 0.580. The van der Waals surface area contributed by atoms with Gasteiger partial charge in [0.15, 0.2) is 6.61 Å². The van der Waals surface area contributed by atoms with Crippen LogP contribution in [0.5, 0.6) is 0 Å². The number of hydrogen-bond acceptors (Lipinski definition) is 7. The number of Topliss-reactive ketones (excluding diaryl/α,β-unsaturated/α-hetero) is 1. The molecule has 9 nitrogen and oxygen atoms in total. The number of carbonyl (C=O) groups is 2. The van der Waals surface area contributed by atoms with Crippen molar-refractivity contribution in [3.8, 4) is 0 Å². The predicted octanol–water partition coefficient (Wildman–Crippen LogP) is 1.33. The van der Waals surface area contributed by atoms with Crippen LogP contribution in [-0.4, -0.2) is 27.5 Å². The van der Waals surface area contributed by atoms with Crippen molar-refractivity contribution in [1.29, 1.82) is 0 Å². The summed E-state index contributed by atoms with van der Waals surface area (Å²) < 4.78 is 12.3. The minimum Gasteiger partial charge on any atom is -0.451 e. The zero-order chi connectivity index (χ0) is 20.4. The van der Waals surface area contributed by atoms with Gasteiger partial charge in [-0.25, -0.2) is 9.59 Å². The minimum absolute atomic E-state index is 0.0640. The molecule has 0 aliphatic heterocycles. The van der Waals surface area contributed by atoms with Crippen LogP contribution in [0.3, 0.4) is 0 Å². The van der Waals surface area contributed by atoms with Gasteiger partial charge in [0, 0.05) is 19.0 Å². The van der Waals surface area contributed by atoms with E-state index in [0.29, 0.717) is 17.4 Å². The first-order chi connectivity index (χ1) is 13.3. The lowest BCUT2D eigenvalue weighted by atomic mass is 10.2. The van der Waals surface area contributed by atoms with E-state index in [0.717, 1.165) is 9.13 Å². The number of ether oxygens (including phenoxy) is 1. The average Bonchev–Trinajstić information content (AvgIpc) is 3.12. The first-order valence-corrected chi connectivity index (χ1v) is 8.63. The van der Waals surface area contributed by atoms with Crippen molar-refractivity contribution < 1.29 is 18.7 Å². The second-order valence-corrected chi connectivity index (χ2v) is 6.21. The summed E-state index contributed by atoms with van der Waals surface area (Å²) in [7, 11) is 1.26. The van der Waals surface area contributed by atoms with E-state index in [1.165, 1.54) is 13.1 Å². The molecule has 0 amide bonds. The zero-order valence-corrected chi connectivity index (χ0v) is 15.4. The van der Waals surface area contributed by atoms with Gasteiger partial charge in [-0.1, -0.05) is 25.1 Å². The van der Waals surface area contributed by atoms with Crippen molar-refractivity contribution in [2.24, 2.45) is 7.05 Å². The Bertz CT molecular complexity index is 1150. The van der Waals surface area contributed by atoms with Gasteiger partial charge in [0.25, 0.3) is 5.56 Å². The first-order valence-electron chi connectivity index (χ1n) is 8.63. The van der Waals surface area contributed by atoms with Crippen LogP contribution in [0.2, 0.25) is 0 Å². The Balaban J connectivity index is 1.84. The van der Waals surface area contributed by atoms with E-state index in [-0.39, 0.29) is 23.7 Å². The number of furan rings is 1. The molecule has 0 radical (unpaired) electrons.